The average molecular weight is 230 g/mol. The Morgan fingerprint density at radius 1 is 1.24 bits per heavy atom. The van der Waals surface area contributed by atoms with Gasteiger partial charge in [0.05, 0.1) is 5.60 Å². The first-order valence-corrected chi connectivity index (χ1v) is 6.29. The molecule has 1 nitrogen and oxygen atoms in total. The van der Waals surface area contributed by atoms with Crippen LogP contribution in [0.25, 0.3) is 0 Å². The molecule has 92 valence electrons. The Bertz CT molecular complexity index is 379. The third kappa shape index (κ3) is 6.14. The SMILES string of the molecule is C#Cc1cccc(CCCCCC(C)(C)O)c1. The first-order valence-electron chi connectivity index (χ1n) is 6.29. The Labute approximate surface area is 105 Å². The summed E-state index contributed by atoms with van der Waals surface area (Å²) in [6.07, 6.45) is 10.7. The summed E-state index contributed by atoms with van der Waals surface area (Å²) in [7, 11) is 0. The molecule has 1 aromatic rings. The predicted molar refractivity (Wildman–Crippen MR) is 72.8 cm³/mol. The number of benzene rings is 1. The number of hydrogen-bond donors (Lipinski definition) is 1. The minimum atomic E-state index is -0.524. The van der Waals surface area contributed by atoms with E-state index in [0.717, 1.165) is 37.7 Å². The van der Waals surface area contributed by atoms with Gasteiger partial charge in [0, 0.05) is 5.56 Å². The highest BCUT2D eigenvalue weighted by Crippen LogP contribution is 2.15. The molecule has 17 heavy (non-hydrogen) atoms. The van der Waals surface area contributed by atoms with E-state index in [4.69, 9.17) is 6.42 Å². The van der Waals surface area contributed by atoms with Crippen LogP contribution >= 0.6 is 0 Å². The summed E-state index contributed by atoms with van der Waals surface area (Å²) in [5.41, 5.74) is 1.74. The fourth-order valence-corrected chi connectivity index (χ4v) is 1.88. The topological polar surface area (TPSA) is 20.2 Å². The van der Waals surface area contributed by atoms with Crippen molar-refractivity contribution in [1.29, 1.82) is 0 Å². The van der Waals surface area contributed by atoms with Crippen LogP contribution in [0.5, 0.6) is 0 Å². The Morgan fingerprint density at radius 3 is 2.65 bits per heavy atom. The van der Waals surface area contributed by atoms with E-state index < -0.39 is 5.60 Å². The maximum atomic E-state index is 9.58. The van der Waals surface area contributed by atoms with E-state index >= 15 is 0 Å². The van der Waals surface area contributed by atoms with Crippen molar-refractivity contribution >= 4 is 0 Å². The van der Waals surface area contributed by atoms with Crippen LogP contribution in [-0.4, -0.2) is 10.7 Å². The van der Waals surface area contributed by atoms with E-state index in [9.17, 15) is 5.11 Å². The third-order valence-electron chi connectivity index (χ3n) is 2.85. The second-order valence-corrected chi connectivity index (χ2v) is 5.22. The smallest absolute Gasteiger partial charge is 0.0591 e. The lowest BCUT2D eigenvalue weighted by molar-refractivity contribution is 0.0681. The van der Waals surface area contributed by atoms with E-state index in [1.807, 2.05) is 26.0 Å². The van der Waals surface area contributed by atoms with Gasteiger partial charge in [-0.2, -0.15) is 0 Å². The van der Waals surface area contributed by atoms with Gasteiger partial charge in [-0.15, -0.1) is 6.42 Å². The van der Waals surface area contributed by atoms with Crippen molar-refractivity contribution in [2.45, 2.75) is 51.6 Å². The van der Waals surface area contributed by atoms with Gasteiger partial charge in [-0.3, -0.25) is 0 Å². The largest absolute Gasteiger partial charge is 0.390 e. The lowest BCUT2D eigenvalue weighted by Gasteiger charge is -2.16. The lowest BCUT2D eigenvalue weighted by Crippen LogP contribution is -2.17. The highest BCUT2D eigenvalue weighted by Gasteiger charge is 2.10. The van der Waals surface area contributed by atoms with Crippen molar-refractivity contribution < 1.29 is 5.11 Å². The summed E-state index contributed by atoms with van der Waals surface area (Å²) < 4.78 is 0. The molecule has 0 amide bonds. The summed E-state index contributed by atoms with van der Waals surface area (Å²) >= 11 is 0. The van der Waals surface area contributed by atoms with Crippen LogP contribution < -0.4 is 0 Å². The van der Waals surface area contributed by atoms with E-state index in [1.54, 1.807) is 0 Å². The van der Waals surface area contributed by atoms with Crippen molar-refractivity contribution in [3.63, 3.8) is 0 Å². The molecule has 0 spiro atoms. The molecule has 0 saturated heterocycles. The van der Waals surface area contributed by atoms with Gasteiger partial charge in [-0.05, 0) is 50.8 Å². The molecule has 1 N–H and O–H groups in total. The molecule has 1 rings (SSSR count). The van der Waals surface area contributed by atoms with Crippen molar-refractivity contribution in [3.8, 4) is 12.3 Å². The second-order valence-electron chi connectivity index (χ2n) is 5.22. The van der Waals surface area contributed by atoms with E-state index in [2.05, 4.69) is 18.1 Å². The molecule has 1 heteroatoms. The van der Waals surface area contributed by atoms with Crippen LogP contribution in [0, 0.1) is 12.3 Å². The molecule has 0 aromatic heterocycles. The first-order chi connectivity index (χ1) is 8.01. The molecular formula is C16H22O. The maximum Gasteiger partial charge on any atom is 0.0591 e. The minimum absolute atomic E-state index is 0.524. The van der Waals surface area contributed by atoms with Crippen LogP contribution in [-0.2, 0) is 6.42 Å². The molecule has 0 aliphatic heterocycles. The molecule has 0 bridgehead atoms. The zero-order valence-corrected chi connectivity index (χ0v) is 10.9. The van der Waals surface area contributed by atoms with E-state index in [-0.39, 0.29) is 0 Å². The molecule has 0 fully saturated rings. The van der Waals surface area contributed by atoms with Crippen LogP contribution in [0.15, 0.2) is 24.3 Å². The van der Waals surface area contributed by atoms with Gasteiger partial charge in [0.1, 0.15) is 0 Å². The maximum absolute atomic E-state index is 9.58. The van der Waals surface area contributed by atoms with Crippen LogP contribution in [0.4, 0.5) is 0 Å². The molecule has 0 radical (unpaired) electrons. The van der Waals surface area contributed by atoms with Crippen molar-refractivity contribution in [2.75, 3.05) is 0 Å². The van der Waals surface area contributed by atoms with Crippen LogP contribution in [0.1, 0.15) is 50.7 Å². The van der Waals surface area contributed by atoms with Crippen LogP contribution in [0.2, 0.25) is 0 Å². The molecule has 1 aromatic carbocycles. The van der Waals surface area contributed by atoms with Gasteiger partial charge in [0.2, 0.25) is 0 Å². The average Bonchev–Trinajstić information content (AvgIpc) is 2.27. The number of rotatable bonds is 6. The molecule has 0 unspecified atom stereocenters. The molecule has 0 heterocycles. The summed E-state index contributed by atoms with van der Waals surface area (Å²) in [5, 5.41) is 9.58. The molecule has 0 aliphatic carbocycles. The van der Waals surface area contributed by atoms with Gasteiger partial charge in [0.15, 0.2) is 0 Å². The standard InChI is InChI=1S/C16H22O/c1-4-14-10-8-11-15(13-14)9-6-5-7-12-16(2,3)17/h1,8,10-11,13,17H,5-7,9,12H2,2-3H3. The van der Waals surface area contributed by atoms with E-state index in [1.165, 1.54) is 5.56 Å². The van der Waals surface area contributed by atoms with Crippen molar-refractivity contribution in [3.05, 3.63) is 35.4 Å². The quantitative estimate of drug-likeness (QED) is 0.585. The summed E-state index contributed by atoms with van der Waals surface area (Å²) in [5.74, 6) is 2.66. The highest BCUT2D eigenvalue weighted by molar-refractivity contribution is 5.35. The fraction of sp³-hybridized carbons (Fsp3) is 0.500. The number of aliphatic hydroxyl groups is 1. The van der Waals surface area contributed by atoms with E-state index in [0.29, 0.717) is 0 Å². The van der Waals surface area contributed by atoms with Crippen LogP contribution in [0.3, 0.4) is 0 Å². The number of aryl methyl sites for hydroxylation is 1. The van der Waals surface area contributed by atoms with Crippen molar-refractivity contribution in [2.24, 2.45) is 0 Å². The third-order valence-corrected chi connectivity index (χ3v) is 2.85. The zero-order valence-electron chi connectivity index (χ0n) is 10.9. The van der Waals surface area contributed by atoms with Gasteiger partial charge in [-0.1, -0.05) is 30.9 Å². The zero-order chi connectivity index (χ0) is 12.7. The minimum Gasteiger partial charge on any atom is -0.390 e. The number of unbranched alkanes of at least 4 members (excludes halogenated alkanes) is 2. The monoisotopic (exact) mass is 230 g/mol. The van der Waals surface area contributed by atoms with Gasteiger partial charge in [0.25, 0.3) is 0 Å². The van der Waals surface area contributed by atoms with Crippen molar-refractivity contribution in [1.82, 2.24) is 0 Å². The highest BCUT2D eigenvalue weighted by atomic mass is 16.3. The molecule has 0 aliphatic rings. The summed E-state index contributed by atoms with van der Waals surface area (Å²) in [6.45, 7) is 3.73. The first kappa shape index (κ1) is 13.8. The second kappa shape index (κ2) is 6.47. The predicted octanol–water partition coefficient (Wildman–Crippen LogP) is 3.54. The Morgan fingerprint density at radius 2 is 2.00 bits per heavy atom. The van der Waals surface area contributed by atoms with Gasteiger partial charge >= 0.3 is 0 Å². The molecular weight excluding hydrogens is 208 g/mol. The Balaban J connectivity index is 2.25. The Hall–Kier alpha value is -1.26. The number of terminal acetylenes is 1. The fourth-order valence-electron chi connectivity index (χ4n) is 1.88. The van der Waals surface area contributed by atoms with Gasteiger partial charge < -0.3 is 5.11 Å². The number of hydrogen-bond acceptors (Lipinski definition) is 1. The normalized spacial score (nSPS) is 11.2. The molecule has 0 saturated carbocycles. The van der Waals surface area contributed by atoms with Gasteiger partial charge in [-0.25, -0.2) is 0 Å². The Kier molecular flexibility index (Phi) is 5.25. The summed E-state index contributed by atoms with van der Waals surface area (Å²) in [4.78, 5) is 0. The summed E-state index contributed by atoms with van der Waals surface area (Å²) in [6, 6.07) is 8.17. The molecule has 0 atom stereocenters. The lowest BCUT2D eigenvalue weighted by atomic mass is 9.99.